The summed E-state index contributed by atoms with van der Waals surface area (Å²) in [5.41, 5.74) is 12.2. The molecule has 0 aliphatic heterocycles. The van der Waals surface area contributed by atoms with Gasteiger partial charge in [0.05, 0.1) is 23.1 Å². The molecular weight excluding hydrogens is 274 g/mol. The monoisotopic (exact) mass is 287 g/mol. The Bertz CT molecular complexity index is 701. The number of primary amides is 1. The number of anilines is 1. The third-order valence-electron chi connectivity index (χ3n) is 2.64. The molecule has 0 bridgehead atoms. The van der Waals surface area contributed by atoms with Gasteiger partial charge in [-0.05, 0) is 17.9 Å². The molecule has 1 aromatic heterocycles. The summed E-state index contributed by atoms with van der Waals surface area (Å²) in [6, 6.07) is 7.61. The molecule has 1 amide bonds. The largest absolute Gasteiger partial charge is 0.396 e. The van der Waals surface area contributed by atoms with Crippen molar-refractivity contribution in [3.05, 3.63) is 35.7 Å². The van der Waals surface area contributed by atoms with Gasteiger partial charge in [-0.25, -0.2) is 4.68 Å². The van der Waals surface area contributed by atoms with Gasteiger partial charge in [0.2, 0.25) is 0 Å². The number of nitrogen functional groups attached to an aromatic ring is 1. The van der Waals surface area contributed by atoms with Crippen LogP contribution in [0, 0.1) is 11.3 Å². The first kappa shape index (κ1) is 14.0. The molecule has 6 nitrogen and oxygen atoms in total. The lowest BCUT2D eigenvalue weighted by molar-refractivity contribution is 0.0996. The summed E-state index contributed by atoms with van der Waals surface area (Å²) in [7, 11) is 0. The SMILES string of the molecule is CCSc1cccc(-n2cc(N)c(C(N)=O)n2)c1C#N. The molecular formula is C13H13N5OS. The van der Waals surface area contributed by atoms with Crippen LogP contribution >= 0.6 is 11.8 Å². The van der Waals surface area contributed by atoms with Gasteiger partial charge >= 0.3 is 0 Å². The van der Waals surface area contributed by atoms with E-state index in [2.05, 4.69) is 11.2 Å². The molecule has 0 aliphatic rings. The van der Waals surface area contributed by atoms with Crippen LogP contribution < -0.4 is 11.5 Å². The number of nitrogens with zero attached hydrogens (tertiary/aromatic N) is 3. The van der Waals surface area contributed by atoms with Gasteiger partial charge in [-0.1, -0.05) is 13.0 Å². The van der Waals surface area contributed by atoms with Crippen molar-refractivity contribution in [3.63, 3.8) is 0 Å². The number of thioether (sulfide) groups is 1. The summed E-state index contributed by atoms with van der Waals surface area (Å²) in [6.07, 6.45) is 1.48. The number of amides is 1. The molecule has 0 spiro atoms. The Balaban J connectivity index is 2.58. The minimum atomic E-state index is -0.696. The number of hydrogen-bond acceptors (Lipinski definition) is 5. The number of carbonyl (C=O) groups excluding carboxylic acids is 1. The fourth-order valence-corrected chi connectivity index (χ4v) is 2.58. The number of rotatable bonds is 4. The van der Waals surface area contributed by atoms with Crippen LogP contribution in [0.25, 0.3) is 5.69 Å². The van der Waals surface area contributed by atoms with Crippen LogP contribution in [0.2, 0.25) is 0 Å². The summed E-state index contributed by atoms with van der Waals surface area (Å²) in [5.74, 6) is 0.158. The zero-order valence-corrected chi connectivity index (χ0v) is 11.6. The fourth-order valence-electron chi connectivity index (χ4n) is 1.80. The molecule has 0 fully saturated rings. The van der Waals surface area contributed by atoms with E-state index in [1.54, 1.807) is 17.8 Å². The van der Waals surface area contributed by atoms with Crippen molar-refractivity contribution in [2.75, 3.05) is 11.5 Å². The molecule has 2 rings (SSSR count). The molecule has 1 aromatic carbocycles. The topological polar surface area (TPSA) is 111 Å². The van der Waals surface area contributed by atoms with Crippen LogP contribution in [0.1, 0.15) is 23.0 Å². The van der Waals surface area contributed by atoms with Crippen LogP contribution in [-0.2, 0) is 0 Å². The predicted octanol–water partition coefficient (Wildman–Crippen LogP) is 1.54. The number of aromatic nitrogens is 2. The van der Waals surface area contributed by atoms with Crippen molar-refractivity contribution in [2.24, 2.45) is 5.73 Å². The summed E-state index contributed by atoms with van der Waals surface area (Å²) < 4.78 is 1.41. The Morgan fingerprint density at radius 1 is 1.55 bits per heavy atom. The molecule has 102 valence electrons. The highest BCUT2D eigenvalue weighted by Crippen LogP contribution is 2.27. The average molecular weight is 287 g/mol. The smallest absolute Gasteiger partial charge is 0.271 e. The van der Waals surface area contributed by atoms with Crippen LogP contribution in [0.5, 0.6) is 0 Å². The Morgan fingerprint density at radius 3 is 2.85 bits per heavy atom. The standard InChI is InChI=1S/C13H13N5OS/c1-2-20-11-5-3-4-10(8(11)6-14)18-7-9(15)12(17-18)13(16)19/h3-5,7H,2,15H2,1H3,(H2,16,19). The summed E-state index contributed by atoms with van der Waals surface area (Å²) >= 11 is 1.57. The molecule has 2 aromatic rings. The van der Waals surface area contributed by atoms with E-state index in [4.69, 9.17) is 11.5 Å². The maximum absolute atomic E-state index is 11.2. The maximum atomic E-state index is 11.2. The van der Waals surface area contributed by atoms with Crippen LogP contribution in [0.3, 0.4) is 0 Å². The summed E-state index contributed by atoms with van der Waals surface area (Å²) in [6.45, 7) is 2.01. The van der Waals surface area contributed by atoms with E-state index in [9.17, 15) is 10.1 Å². The lowest BCUT2D eigenvalue weighted by atomic mass is 10.2. The number of carbonyl (C=O) groups is 1. The van der Waals surface area contributed by atoms with Gasteiger partial charge in [-0.3, -0.25) is 4.79 Å². The molecule has 4 N–H and O–H groups in total. The number of benzene rings is 1. The minimum absolute atomic E-state index is 0.00226. The second-order valence-corrected chi connectivity index (χ2v) is 5.24. The highest BCUT2D eigenvalue weighted by atomic mass is 32.2. The second kappa shape index (κ2) is 5.67. The van der Waals surface area contributed by atoms with E-state index in [-0.39, 0.29) is 11.4 Å². The van der Waals surface area contributed by atoms with E-state index in [0.717, 1.165) is 10.6 Å². The van der Waals surface area contributed by atoms with E-state index in [0.29, 0.717) is 11.3 Å². The fraction of sp³-hybridized carbons (Fsp3) is 0.154. The Labute approximate surface area is 120 Å². The molecule has 0 radical (unpaired) electrons. The highest BCUT2D eigenvalue weighted by Gasteiger charge is 2.15. The van der Waals surface area contributed by atoms with E-state index in [1.807, 2.05) is 19.1 Å². The van der Waals surface area contributed by atoms with Crippen molar-refractivity contribution in [2.45, 2.75) is 11.8 Å². The third-order valence-corrected chi connectivity index (χ3v) is 3.58. The Kier molecular flexibility index (Phi) is 3.96. The zero-order chi connectivity index (χ0) is 14.7. The predicted molar refractivity (Wildman–Crippen MR) is 77.6 cm³/mol. The van der Waals surface area contributed by atoms with Crippen LogP contribution in [-0.4, -0.2) is 21.4 Å². The molecule has 20 heavy (non-hydrogen) atoms. The van der Waals surface area contributed by atoms with Crippen molar-refractivity contribution in [1.82, 2.24) is 9.78 Å². The molecule has 0 aliphatic carbocycles. The lowest BCUT2D eigenvalue weighted by Gasteiger charge is -2.08. The second-order valence-electron chi connectivity index (χ2n) is 3.94. The molecule has 0 unspecified atom stereocenters. The van der Waals surface area contributed by atoms with Crippen molar-refractivity contribution >= 4 is 23.4 Å². The highest BCUT2D eigenvalue weighted by molar-refractivity contribution is 7.99. The normalized spacial score (nSPS) is 10.2. The van der Waals surface area contributed by atoms with E-state index >= 15 is 0 Å². The first-order chi connectivity index (χ1) is 9.58. The van der Waals surface area contributed by atoms with Gasteiger partial charge in [0.15, 0.2) is 5.69 Å². The Morgan fingerprint density at radius 2 is 2.30 bits per heavy atom. The summed E-state index contributed by atoms with van der Waals surface area (Å²) in [4.78, 5) is 12.1. The van der Waals surface area contributed by atoms with Gasteiger partial charge in [-0.2, -0.15) is 10.4 Å². The number of nitriles is 1. The van der Waals surface area contributed by atoms with Gasteiger partial charge in [0.1, 0.15) is 6.07 Å². The van der Waals surface area contributed by atoms with Gasteiger partial charge in [0, 0.05) is 4.90 Å². The van der Waals surface area contributed by atoms with Crippen molar-refractivity contribution in [1.29, 1.82) is 5.26 Å². The maximum Gasteiger partial charge on any atom is 0.271 e. The van der Waals surface area contributed by atoms with Crippen molar-refractivity contribution in [3.8, 4) is 11.8 Å². The Hall–Kier alpha value is -2.46. The molecule has 0 saturated heterocycles. The third kappa shape index (κ3) is 2.46. The molecule has 0 saturated carbocycles. The first-order valence-corrected chi connectivity index (χ1v) is 6.88. The van der Waals surface area contributed by atoms with Gasteiger partial charge in [0.25, 0.3) is 5.91 Å². The van der Waals surface area contributed by atoms with Crippen molar-refractivity contribution < 1.29 is 4.79 Å². The van der Waals surface area contributed by atoms with E-state index in [1.165, 1.54) is 10.9 Å². The van der Waals surface area contributed by atoms with E-state index < -0.39 is 5.91 Å². The quantitative estimate of drug-likeness (QED) is 0.828. The van der Waals surface area contributed by atoms with Crippen LogP contribution in [0.4, 0.5) is 5.69 Å². The average Bonchev–Trinajstić information content (AvgIpc) is 2.81. The zero-order valence-electron chi connectivity index (χ0n) is 10.8. The minimum Gasteiger partial charge on any atom is -0.396 e. The van der Waals surface area contributed by atoms with Gasteiger partial charge in [-0.15, -0.1) is 11.8 Å². The number of nitrogens with two attached hydrogens (primary N) is 2. The lowest BCUT2D eigenvalue weighted by Crippen LogP contribution is -2.14. The first-order valence-electron chi connectivity index (χ1n) is 5.89. The molecule has 0 atom stereocenters. The molecule has 1 heterocycles. The summed E-state index contributed by atoms with van der Waals surface area (Å²) in [5, 5.41) is 13.4. The van der Waals surface area contributed by atoms with Gasteiger partial charge < -0.3 is 11.5 Å². The number of hydrogen-bond donors (Lipinski definition) is 2. The van der Waals surface area contributed by atoms with Crippen LogP contribution in [0.15, 0.2) is 29.3 Å². The molecule has 7 heteroatoms.